The number of aliphatic hydroxyl groups excluding tert-OH is 2. The van der Waals surface area contributed by atoms with E-state index in [-0.39, 0.29) is 13.2 Å². The Balaban J connectivity index is 1.66. The molecule has 3 nitrogen and oxygen atoms in total. The average molecular weight is 376 g/mol. The maximum atomic E-state index is 9.41. The van der Waals surface area contributed by atoms with Gasteiger partial charge in [-0.15, -0.1) is 0 Å². The molecule has 0 aliphatic carbocycles. The number of aliphatic hydroxyl groups is 2. The molecule has 2 atom stereocenters. The molecule has 1 fully saturated rings. The van der Waals surface area contributed by atoms with E-state index in [1.165, 1.54) is 11.1 Å². The van der Waals surface area contributed by atoms with Crippen molar-refractivity contribution in [3.05, 3.63) is 69.2 Å². The third kappa shape index (κ3) is 4.01. The number of benzene rings is 2. The van der Waals surface area contributed by atoms with Crippen LogP contribution in [0.15, 0.2) is 46.9 Å². The first-order valence-electron chi connectivity index (χ1n) is 8.03. The zero-order valence-corrected chi connectivity index (χ0v) is 14.6. The highest BCUT2D eigenvalue weighted by molar-refractivity contribution is 9.10. The Bertz CT molecular complexity index is 674. The molecule has 0 amide bonds. The third-order valence-corrected chi connectivity index (χ3v) is 5.31. The molecule has 23 heavy (non-hydrogen) atoms. The summed E-state index contributed by atoms with van der Waals surface area (Å²) in [7, 11) is 0. The van der Waals surface area contributed by atoms with E-state index in [1.54, 1.807) is 0 Å². The summed E-state index contributed by atoms with van der Waals surface area (Å²) < 4.78 is 0.958. The number of halogens is 1. The first-order valence-corrected chi connectivity index (χ1v) is 8.83. The van der Waals surface area contributed by atoms with E-state index in [0.717, 1.165) is 34.9 Å². The van der Waals surface area contributed by atoms with E-state index >= 15 is 0 Å². The van der Waals surface area contributed by atoms with Gasteiger partial charge in [-0.2, -0.15) is 0 Å². The van der Waals surface area contributed by atoms with Gasteiger partial charge in [-0.05, 0) is 47.6 Å². The van der Waals surface area contributed by atoms with Crippen LogP contribution in [0.2, 0.25) is 0 Å². The van der Waals surface area contributed by atoms with Crippen LogP contribution >= 0.6 is 15.9 Å². The second-order valence-electron chi connectivity index (χ2n) is 6.18. The minimum absolute atomic E-state index is 0.0541. The molecule has 122 valence electrons. The summed E-state index contributed by atoms with van der Waals surface area (Å²) in [4.78, 5) is 0. The van der Waals surface area contributed by atoms with E-state index in [2.05, 4.69) is 45.5 Å². The van der Waals surface area contributed by atoms with Crippen molar-refractivity contribution in [1.82, 2.24) is 5.32 Å². The van der Waals surface area contributed by atoms with E-state index in [1.807, 2.05) is 18.2 Å². The molecule has 1 aliphatic rings. The molecule has 3 rings (SSSR count). The summed E-state index contributed by atoms with van der Waals surface area (Å²) in [6, 6.07) is 15.2. The Hall–Kier alpha value is -1.20. The van der Waals surface area contributed by atoms with Crippen LogP contribution in [0.1, 0.15) is 41.1 Å². The second kappa shape index (κ2) is 7.58. The molecule has 1 heterocycles. The molecular formula is C19H22BrNO2. The summed E-state index contributed by atoms with van der Waals surface area (Å²) in [5.74, 6) is 0. The predicted molar refractivity (Wildman–Crippen MR) is 95.0 cm³/mol. The van der Waals surface area contributed by atoms with Crippen molar-refractivity contribution >= 4 is 15.9 Å². The van der Waals surface area contributed by atoms with Gasteiger partial charge in [0.2, 0.25) is 0 Å². The van der Waals surface area contributed by atoms with Gasteiger partial charge in [-0.3, -0.25) is 0 Å². The summed E-state index contributed by atoms with van der Waals surface area (Å²) in [5.41, 5.74) is 4.41. The first-order chi connectivity index (χ1) is 11.2. The molecule has 0 spiro atoms. The lowest BCUT2D eigenvalue weighted by Crippen LogP contribution is -2.26. The molecule has 3 N–H and O–H groups in total. The normalized spacial score (nSPS) is 20.8. The van der Waals surface area contributed by atoms with Gasteiger partial charge in [-0.1, -0.05) is 52.3 Å². The monoisotopic (exact) mass is 375 g/mol. The first kappa shape index (κ1) is 16.7. The molecule has 2 aromatic carbocycles. The molecule has 4 heteroatoms. The van der Waals surface area contributed by atoms with Gasteiger partial charge >= 0.3 is 0 Å². The van der Waals surface area contributed by atoms with Crippen LogP contribution in [0.25, 0.3) is 0 Å². The molecule has 0 saturated carbocycles. The highest BCUT2D eigenvalue weighted by Crippen LogP contribution is 2.30. The molecule has 0 bridgehead atoms. The van der Waals surface area contributed by atoms with Crippen molar-refractivity contribution in [1.29, 1.82) is 0 Å². The fourth-order valence-electron chi connectivity index (χ4n) is 3.31. The van der Waals surface area contributed by atoms with E-state index in [0.29, 0.717) is 12.1 Å². The van der Waals surface area contributed by atoms with Gasteiger partial charge in [-0.25, -0.2) is 0 Å². The Morgan fingerprint density at radius 3 is 2.61 bits per heavy atom. The summed E-state index contributed by atoms with van der Waals surface area (Å²) in [6.07, 6.45) is 3.23. The number of nitrogens with one attached hydrogen (secondary N) is 1. The van der Waals surface area contributed by atoms with Crippen LogP contribution in [-0.4, -0.2) is 16.3 Å². The van der Waals surface area contributed by atoms with Crippen molar-refractivity contribution in [2.45, 2.75) is 44.6 Å². The molecule has 1 saturated heterocycles. The quantitative estimate of drug-likeness (QED) is 0.749. The highest BCUT2D eigenvalue weighted by Gasteiger charge is 2.25. The zero-order valence-electron chi connectivity index (χ0n) is 13.0. The van der Waals surface area contributed by atoms with Crippen molar-refractivity contribution in [2.24, 2.45) is 0 Å². The van der Waals surface area contributed by atoms with Gasteiger partial charge in [0.15, 0.2) is 0 Å². The van der Waals surface area contributed by atoms with Crippen LogP contribution in [0, 0.1) is 0 Å². The lowest BCUT2D eigenvalue weighted by molar-refractivity contribution is 0.281. The van der Waals surface area contributed by atoms with Gasteiger partial charge in [0.05, 0.1) is 13.2 Å². The zero-order chi connectivity index (χ0) is 16.2. The second-order valence-corrected chi connectivity index (χ2v) is 7.04. The van der Waals surface area contributed by atoms with E-state index in [4.69, 9.17) is 0 Å². The average Bonchev–Trinajstić information content (AvgIpc) is 3.04. The van der Waals surface area contributed by atoms with Gasteiger partial charge < -0.3 is 15.5 Å². The van der Waals surface area contributed by atoms with Crippen LogP contribution in [0.4, 0.5) is 0 Å². The van der Waals surface area contributed by atoms with Crippen LogP contribution in [0.5, 0.6) is 0 Å². The summed E-state index contributed by atoms with van der Waals surface area (Å²) >= 11 is 3.47. The Labute approximate surface area is 145 Å². The SMILES string of the molecule is OCc1cccc(CC2CCC(c3ccc(Br)c(CO)c3)N2)c1. The fraction of sp³-hybridized carbons (Fsp3) is 0.368. The minimum Gasteiger partial charge on any atom is -0.392 e. The van der Waals surface area contributed by atoms with Crippen LogP contribution in [0.3, 0.4) is 0 Å². The maximum absolute atomic E-state index is 9.41. The van der Waals surface area contributed by atoms with Crippen LogP contribution < -0.4 is 5.32 Å². The van der Waals surface area contributed by atoms with Crippen molar-refractivity contribution < 1.29 is 10.2 Å². The van der Waals surface area contributed by atoms with Gasteiger partial charge in [0.1, 0.15) is 0 Å². The molecular weight excluding hydrogens is 354 g/mol. The standard InChI is InChI=1S/C19H22BrNO2/c20-18-6-4-15(10-16(18)12-23)19-7-5-17(21-19)9-13-2-1-3-14(8-13)11-22/h1-4,6,8,10,17,19,21-23H,5,7,9,11-12H2. The number of hydrogen-bond acceptors (Lipinski definition) is 3. The topological polar surface area (TPSA) is 52.5 Å². The minimum atomic E-state index is 0.0541. The summed E-state index contributed by atoms with van der Waals surface area (Å²) in [5, 5.41) is 22.4. The largest absolute Gasteiger partial charge is 0.392 e. The van der Waals surface area contributed by atoms with Gasteiger partial charge in [0.25, 0.3) is 0 Å². The lowest BCUT2D eigenvalue weighted by Gasteiger charge is -2.16. The smallest absolute Gasteiger partial charge is 0.0692 e. The third-order valence-electron chi connectivity index (χ3n) is 4.54. The van der Waals surface area contributed by atoms with Crippen molar-refractivity contribution in [2.75, 3.05) is 0 Å². The van der Waals surface area contributed by atoms with E-state index in [9.17, 15) is 10.2 Å². The van der Waals surface area contributed by atoms with Crippen LogP contribution in [-0.2, 0) is 19.6 Å². The Morgan fingerprint density at radius 2 is 1.83 bits per heavy atom. The molecule has 0 radical (unpaired) electrons. The fourth-order valence-corrected chi connectivity index (χ4v) is 3.69. The predicted octanol–water partition coefficient (Wildman–Crippen LogP) is 3.47. The van der Waals surface area contributed by atoms with Crippen molar-refractivity contribution in [3.63, 3.8) is 0 Å². The molecule has 1 aliphatic heterocycles. The molecule has 0 aromatic heterocycles. The number of rotatable bonds is 5. The Morgan fingerprint density at radius 1 is 1.00 bits per heavy atom. The van der Waals surface area contributed by atoms with Gasteiger partial charge in [0, 0.05) is 16.6 Å². The highest BCUT2D eigenvalue weighted by atomic mass is 79.9. The molecule has 2 aromatic rings. The number of hydrogen-bond donors (Lipinski definition) is 3. The molecule has 2 unspecified atom stereocenters. The maximum Gasteiger partial charge on any atom is 0.0692 e. The Kier molecular flexibility index (Phi) is 5.49. The van der Waals surface area contributed by atoms with Crippen molar-refractivity contribution in [3.8, 4) is 0 Å². The lowest BCUT2D eigenvalue weighted by atomic mass is 10.0. The summed E-state index contributed by atoms with van der Waals surface area (Å²) in [6.45, 7) is 0.149. The van der Waals surface area contributed by atoms with E-state index < -0.39 is 0 Å².